The molecule has 2 aliphatic rings. The molecule has 2 aliphatic heterocycles. The van der Waals surface area contributed by atoms with Crippen molar-refractivity contribution in [3.63, 3.8) is 0 Å². The van der Waals surface area contributed by atoms with Gasteiger partial charge in [-0.05, 0) is 46.2 Å². The molecule has 1 aromatic carbocycles. The maximum absolute atomic E-state index is 13.4. The Morgan fingerprint density at radius 1 is 0.917 bits per heavy atom. The number of benzene rings is 1. The lowest BCUT2D eigenvalue weighted by Gasteiger charge is -2.33. The molecular weight excluding hydrogens is 480 g/mol. The highest BCUT2D eigenvalue weighted by Crippen LogP contribution is 2.44. The molecule has 2 saturated heterocycles. The summed E-state index contributed by atoms with van der Waals surface area (Å²) >= 11 is 0. The lowest BCUT2D eigenvalue weighted by molar-refractivity contribution is -0.245. The van der Waals surface area contributed by atoms with Crippen molar-refractivity contribution in [1.29, 1.82) is 0 Å². The van der Waals surface area contributed by atoms with Gasteiger partial charge in [-0.1, -0.05) is 82.4 Å². The Hall–Kier alpha value is -1.03. The number of aryl methyl sites for hydroxylation is 1. The van der Waals surface area contributed by atoms with Gasteiger partial charge in [0.05, 0.1) is 4.90 Å². The molecule has 0 spiro atoms. The Morgan fingerprint density at radius 3 is 2.03 bits per heavy atom. The first kappa shape index (κ1) is 29.5. The van der Waals surface area contributed by atoms with Gasteiger partial charge in [-0.15, -0.1) is 0 Å². The summed E-state index contributed by atoms with van der Waals surface area (Å²) in [7, 11) is -4.14. The summed E-state index contributed by atoms with van der Waals surface area (Å²) in [6.45, 7) is 9.40. The third kappa shape index (κ3) is 7.08. The number of sulfone groups is 1. The fraction of sp³-hybridized carbons (Fsp3) is 0.786. The molecule has 0 radical (unpaired) electrons. The Kier molecular flexibility index (Phi) is 10.4. The number of ether oxygens (including phenoxy) is 4. The Morgan fingerprint density at radius 2 is 1.44 bits per heavy atom. The van der Waals surface area contributed by atoms with Gasteiger partial charge in [0.2, 0.25) is 9.84 Å². The predicted molar refractivity (Wildman–Crippen MR) is 139 cm³/mol. The molecule has 1 aromatic rings. The summed E-state index contributed by atoms with van der Waals surface area (Å²) in [6.07, 6.45) is 8.91. The summed E-state index contributed by atoms with van der Waals surface area (Å²) in [4.78, 5) is -2.20. The Balaban J connectivity index is 1.54. The van der Waals surface area contributed by atoms with Gasteiger partial charge in [0, 0.05) is 6.61 Å². The minimum absolute atomic E-state index is 0.0335. The van der Waals surface area contributed by atoms with E-state index >= 15 is 0 Å². The van der Waals surface area contributed by atoms with Crippen LogP contribution in [0.25, 0.3) is 0 Å². The summed E-state index contributed by atoms with van der Waals surface area (Å²) in [5.74, 6) is -0.931. The Bertz CT molecular complexity index is 910. The van der Waals surface area contributed by atoms with Crippen LogP contribution >= 0.6 is 0 Å². The third-order valence-electron chi connectivity index (χ3n) is 7.19. The van der Waals surface area contributed by atoms with Crippen LogP contribution in [-0.4, -0.2) is 55.5 Å². The first-order valence-electron chi connectivity index (χ1n) is 13.7. The fourth-order valence-corrected chi connectivity index (χ4v) is 6.49. The van der Waals surface area contributed by atoms with Crippen molar-refractivity contribution in [2.24, 2.45) is 0 Å². The van der Waals surface area contributed by atoms with Gasteiger partial charge in [0.25, 0.3) is 0 Å². The smallest absolute Gasteiger partial charge is 0.210 e. The van der Waals surface area contributed by atoms with Crippen LogP contribution in [0, 0.1) is 6.92 Å². The highest BCUT2D eigenvalue weighted by Gasteiger charge is 2.63. The van der Waals surface area contributed by atoms with Crippen molar-refractivity contribution in [2.45, 2.75) is 139 Å². The van der Waals surface area contributed by atoms with Crippen molar-refractivity contribution < 1.29 is 32.5 Å². The maximum atomic E-state index is 13.4. The van der Waals surface area contributed by atoms with Crippen molar-refractivity contribution >= 4 is 9.84 Å². The molecule has 0 saturated carbocycles. The molecule has 2 fully saturated rings. The number of fused-ring (bicyclic) bond motifs is 1. The second-order valence-electron chi connectivity index (χ2n) is 10.9. The van der Waals surface area contributed by atoms with Crippen LogP contribution in [0.3, 0.4) is 0 Å². The highest BCUT2D eigenvalue weighted by atomic mass is 32.2. The molecule has 1 N–H and O–H groups in total. The van der Waals surface area contributed by atoms with Crippen LogP contribution in [0.15, 0.2) is 29.2 Å². The van der Waals surface area contributed by atoms with E-state index in [1.165, 1.54) is 70.4 Å². The second kappa shape index (κ2) is 12.7. The lowest BCUT2D eigenvalue weighted by atomic mass is 10.1. The van der Waals surface area contributed by atoms with E-state index < -0.39 is 45.2 Å². The average Bonchev–Trinajstić information content (AvgIpc) is 3.31. The van der Waals surface area contributed by atoms with E-state index in [2.05, 4.69) is 6.92 Å². The molecule has 0 aliphatic carbocycles. The van der Waals surface area contributed by atoms with Crippen LogP contribution in [0.4, 0.5) is 0 Å². The number of rotatable bonds is 15. The van der Waals surface area contributed by atoms with Gasteiger partial charge >= 0.3 is 0 Å². The van der Waals surface area contributed by atoms with Crippen molar-refractivity contribution in [3.8, 4) is 0 Å². The molecule has 0 unspecified atom stereocenters. The molecule has 0 amide bonds. The van der Waals surface area contributed by atoms with E-state index in [0.717, 1.165) is 18.4 Å². The molecular formula is C28H46O7S. The van der Waals surface area contributed by atoms with Crippen molar-refractivity contribution in [3.05, 3.63) is 29.8 Å². The summed E-state index contributed by atoms with van der Waals surface area (Å²) in [6, 6.07) is 6.41. The van der Waals surface area contributed by atoms with Crippen LogP contribution in [0.5, 0.6) is 0 Å². The molecule has 36 heavy (non-hydrogen) atoms. The third-order valence-corrected chi connectivity index (χ3v) is 9.41. The monoisotopic (exact) mass is 526 g/mol. The van der Waals surface area contributed by atoms with E-state index in [4.69, 9.17) is 18.9 Å². The van der Waals surface area contributed by atoms with E-state index in [1.807, 2.05) is 6.92 Å². The van der Waals surface area contributed by atoms with Crippen molar-refractivity contribution in [2.75, 3.05) is 6.61 Å². The van der Waals surface area contributed by atoms with Gasteiger partial charge in [-0.3, -0.25) is 0 Å². The van der Waals surface area contributed by atoms with Gasteiger partial charge in [0.1, 0.15) is 18.3 Å². The second-order valence-corrected chi connectivity index (χ2v) is 13.2. The van der Waals surface area contributed by atoms with Crippen molar-refractivity contribution in [1.82, 2.24) is 0 Å². The zero-order valence-corrected chi connectivity index (χ0v) is 23.5. The zero-order chi connectivity index (χ0) is 26.4. The van der Waals surface area contributed by atoms with Gasteiger partial charge in [-0.2, -0.15) is 0 Å². The Labute approximate surface area is 217 Å². The molecule has 7 nitrogen and oxygen atoms in total. The van der Waals surface area contributed by atoms with Crippen LogP contribution in [-0.2, 0) is 28.8 Å². The van der Waals surface area contributed by atoms with Gasteiger partial charge in [0.15, 0.2) is 17.0 Å². The predicted octanol–water partition coefficient (Wildman–Crippen LogP) is 5.66. The molecule has 0 aromatic heterocycles. The minimum atomic E-state index is -4.14. The molecule has 0 bridgehead atoms. The topological polar surface area (TPSA) is 91.3 Å². The van der Waals surface area contributed by atoms with E-state index in [0.29, 0.717) is 6.61 Å². The first-order valence-corrected chi connectivity index (χ1v) is 15.1. The largest absolute Gasteiger partial charge is 0.372 e. The van der Waals surface area contributed by atoms with Gasteiger partial charge < -0.3 is 24.1 Å². The first-order chi connectivity index (χ1) is 17.0. The van der Waals surface area contributed by atoms with Crippen LogP contribution < -0.4 is 0 Å². The molecule has 5 atom stereocenters. The SMILES string of the molecule is CCCCCCCCCCCCO[C@H]1O[C@H]([C@@](C)(O)S(=O)(=O)c2ccc(C)cc2)[C@@H]2OC(C)(C)O[C@H]12. The van der Waals surface area contributed by atoms with E-state index in [9.17, 15) is 13.5 Å². The van der Waals surface area contributed by atoms with Gasteiger partial charge in [-0.25, -0.2) is 8.42 Å². The molecule has 2 heterocycles. The van der Waals surface area contributed by atoms with Crippen LogP contribution in [0.1, 0.15) is 97.5 Å². The fourth-order valence-electron chi connectivity index (χ4n) is 5.02. The lowest BCUT2D eigenvalue weighted by Crippen LogP contribution is -2.52. The summed E-state index contributed by atoms with van der Waals surface area (Å²) in [5.41, 5.74) is 0.931. The number of hydrogen-bond acceptors (Lipinski definition) is 7. The number of unbranched alkanes of at least 4 members (excludes halogenated alkanes) is 9. The molecule has 3 rings (SSSR count). The van der Waals surface area contributed by atoms with E-state index in [1.54, 1.807) is 26.0 Å². The zero-order valence-electron chi connectivity index (χ0n) is 22.7. The average molecular weight is 527 g/mol. The normalized spacial score (nSPS) is 27.2. The van der Waals surface area contributed by atoms with E-state index in [-0.39, 0.29) is 4.90 Å². The summed E-state index contributed by atoms with van der Waals surface area (Å²) in [5, 5.41) is 11.4. The number of hydrogen-bond donors (Lipinski definition) is 1. The maximum Gasteiger partial charge on any atom is 0.210 e. The standard InChI is InChI=1S/C28H46O7S/c1-6-7-8-9-10-11-12-13-14-15-20-32-26-24-23(34-27(3,4)35-24)25(33-26)28(5,29)36(30,31)22-18-16-21(2)17-19-22/h16-19,23-26,29H,6-15,20H2,1-5H3/t23-,24+,25+,26+,28+/m1/s1. The molecule has 206 valence electrons. The molecule has 8 heteroatoms. The summed E-state index contributed by atoms with van der Waals surface area (Å²) < 4.78 is 50.8. The van der Waals surface area contributed by atoms with Crippen LogP contribution in [0.2, 0.25) is 0 Å². The quantitative estimate of drug-likeness (QED) is 0.295. The minimum Gasteiger partial charge on any atom is -0.372 e. The number of aliphatic hydroxyl groups is 1. The highest BCUT2D eigenvalue weighted by molar-refractivity contribution is 7.92.